The number of hydrogen-bond acceptors (Lipinski definition) is 6. The molecule has 0 aliphatic heterocycles. The van der Waals surface area contributed by atoms with Crippen LogP contribution in [-0.2, 0) is 0 Å². The number of nitrogen functional groups attached to an aromatic ring is 2. The van der Waals surface area contributed by atoms with E-state index in [-0.39, 0.29) is 11.9 Å². The van der Waals surface area contributed by atoms with Crippen molar-refractivity contribution in [2.24, 2.45) is 0 Å². The van der Waals surface area contributed by atoms with Gasteiger partial charge in [0.25, 0.3) is 5.91 Å². The lowest BCUT2D eigenvalue weighted by molar-refractivity contribution is 0.0828. The molecule has 138 valence electrons. The highest BCUT2D eigenvalue weighted by atomic mass is 35.5. The van der Waals surface area contributed by atoms with E-state index in [1.54, 1.807) is 44.6 Å². The predicted molar refractivity (Wildman–Crippen MR) is 107 cm³/mol. The minimum atomic E-state index is -0.173. The molecule has 0 spiro atoms. The zero-order chi connectivity index (χ0) is 19.7. The van der Waals surface area contributed by atoms with Gasteiger partial charge < -0.3 is 16.4 Å². The Morgan fingerprint density at radius 1 is 1.07 bits per heavy atom. The number of amides is 1. The first-order valence-corrected chi connectivity index (χ1v) is 8.53. The number of carbonyl (C=O) groups excluding carboxylic acids is 1. The first-order chi connectivity index (χ1) is 12.8. The van der Waals surface area contributed by atoms with Crippen LogP contribution in [0.4, 0.5) is 11.8 Å². The van der Waals surface area contributed by atoms with Gasteiger partial charge in [-0.3, -0.25) is 4.79 Å². The summed E-state index contributed by atoms with van der Waals surface area (Å²) in [7, 11) is 3.35. The lowest BCUT2D eigenvalue weighted by Crippen LogP contribution is -2.21. The summed E-state index contributed by atoms with van der Waals surface area (Å²) in [6.45, 7) is 1.85. The van der Waals surface area contributed by atoms with E-state index in [4.69, 9.17) is 23.1 Å². The number of anilines is 2. The normalized spacial score (nSPS) is 10.7. The summed E-state index contributed by atoms with van der Waals surface area (Å²) in [5, 5.41) is 0.336. The van der Waals surface area contributed by atoms with Crippen LogP contribution in [0.2, 0.25) is 5.02 Å². The largest absolute Gasteiger partial charge is 0.384 e. The molecule has 2 heterocycles. The number of nitrogens with two attached hydrogens (primary N) is 2. The molecule has 0 fully saturated rings. The van der Waals surface area contributed by atoms with Crippen LogP contribution in [0.25, 0.3) is 22.4 Å². The second-order valence-electron chi connectivity index (χ2n) is 6.26. The molecule has 2 aromatic heterocycles. The number of nitrogens with zero attached hydrogens (tertiary/aromatic N) is 4. The third-order valence-corrected chi connectivity index (χ3v) is 4.37. The van der Waals surface area contributed by atoms with Crippen LogP contribution in [0.5, 0.6) is 0 Å². The Balaban J connectivity index is 2.18. The smallest absolute Gasteiger partial charge is 0.254 e. The molecule has 0 saturated carbocycles. The number of pyridine rings is 1. The van der Waals surface area contributed by atoms with E-state index in [1.165, 1.54) is 4.90 Å². The maximum atomic E-state index is 12.2. The summed E-state index contributed by atoms with van der Waals surface area (Å²) in [6.07, 6.45) is 1.66. The van der Waals surface area contributed by atoms with Crippen LogP contribution in [0.3, 0.4) is 0 Å². The van der Waals surface area contributed by atoms with Gasteiger partial charge >= 0.3 is 0 Å². The molecule has 0 aliphatic rings. The van der Waals surface area contributed by atoms with E-state index in [0.29, 0.717) is 27.8 Å². The summed E-state index contributed by atoms with van der Waals surface area (Å²) in [5.41, 5.74) is 15.6. The second kappa shape index (κ2) is 7.20. The first kappa shape index (κ1) is 18.6. The molecule has 7 nitrogen and oxygen atoms in total. The van der Waals surface area contributed by atoms with Gasteiger partial charge in [-0.15, -0.1) is 0 Å². The van der Waals surface area contributed by atoms with Crippen molar-refractivity contribution in [3.63, 3.8) is 0 Å². The van der Waals surface area contributed by atoms with E-state index in [9.17, 15) is 4.79 Å². The number of hydrogen-bond donors (Lipinski definition) is 2. The van der Waals surface area contributed by atoms with E-state index in [2.05, 4.69) is 15.0 Å². The molecule has 0 radical (unpaired) electrons. The molecule has 0 saturated heterocycles. The zero-order valence-electron chi connectivity index (χ0n) is 15.2. The molecule has 1 amide bonds. The minimum Gasteiger partial charge on any atom is -0.384 e. The Morgan fingerprint density at radius 2 is 1.78 bits per heavy atom. The highest BCUT2D eigenvalue weighted by Crippen LogP contribution is 2.35. The van der Waals surface area contributed by atoms with Crippen LogP contribution in [0, 0.1) is 6.92 Å². The minimum absolute atomic E-state index is 0.152. The Kier molecular flexibility index (Phi) is 4.96. The Labute approximate surface area is 162 Å². The van der Waals surface area contributed by atoms with Gasteiger partial charge in [0, 0.05) is 37.0 Å². The molecule has 4 N–H and O–H groups in total. The molecule has 1 aromatic carbocycles. The van der Waals surface area contributed by atoms with Gasteiger partial charge in [0.15, 0.2) is 0 Å². The van der Waals surface area contributed by atoms with Crippen molar-refractivity contribution < 1.29 is 4.79 Å². The Hall–Kier alpha value is -3.19. The third-order valence-electron chi connectivity index (χ3n) is 4.06. The van der Waals surface area contributed by atoms with Gasteiger partial charge in [0.1, 0.15) is 5.82 Å². The number of benzene rings is 1. The highest BCUT2D eigenvalue weighted by Gasteiger charge is 2.18. The molecule has 0 unspecified atom stereocenters. The molecular formula is C19H19ClN6O. The van der Waals surface area contributed by atoms with Crippen molar-refractivity contribution in [2.45, 2.75) is 6.92 Å². The molecular weight excluding hydrogens is 364 g/mol. The number of carbonyl (C=O) groups is 1. The van der Waals surface area contributed by atoms with Gasteiger partial charge in [0.2, 0.25) is 5.95 Å². The Morgan fingerprint density at radius 3 is 2.37 bits per heavy atom. The predicted octanol–water partition coefficient (Wildman–Crippen LogP) is 3.03. The van der Waals surface area contributed by atoms with Gasteiger partial charge in [-0.05, 0) is 31.2 Å². The van der Waals surface area contributed by atoms with Crippen molar-refractivity contribution in [2.75, 3.05) is 25.6 Å². The van der Waals surface area contributed by atoms with Crippen LogP contribution < -0.4 is 11.5 Å². The number of aromatic nitrogens is 3. The van der Waals surface area contributed by atoms with Gasteiger partial charge in [-0.1, -0.05) is 17.7 Å². The molecule has 8 heteroatoms. The third kappa shape index (κ3) is 3.68. The molecule has 3 rings (SSSR count). The summed E-state index contributed by atoms with van der Waals surface area (Å²) in [5.74, 6) is 0.399. The quantitative estimate of drug-likeness (QED) is 0.720. The monoisotopic (exact) mass is 382 g/mol. The average molecular weight is 383 g/mol. The van der Waals surface area contributed by atoms with Gasteiger partial charge in [0.05, 0.1) is 22.0 Å². The summed E-state index contributed by atoms with van der Waals surface area (Å²) >= 11 is 6.37. The summed E-state index contributed by atoms with van der Waals surface area (Å²) in [6, 6.07) is 8.73. The fourth-order valence-corrected chi connectivity index (χ4v) is 3.04. The molecule has 3 aromatic rings. The fraction of sp³-hybridized carbons (Fsp3) is 0.158. The first-order valence-electron chi connectivity index (χ1n) is 8.15. The molecule has 0 aliphatic carbocycles. The molecule has 0 atom stereocenters. The molecule has 27 heavy (non-hydrogen) atoms. The van der Waals surface area contributed by atoms with Crippen LogP contribution in [0.1, 0.15) is 16.1 Å². The van der Waals surface area contributed by atoms with E-state index >= 15 is 0 Å². The number of aryl methyl sites for hydroxylation is 1. The van der Waals surface area contributed by atoms with Gasteiger partial charge in [-0.25, -0.2) is 15.0 Å². The van der Waals surface area contributed by atoms with Crippen LogP contribution in [-0.4, -0.2) is 39.9 Å². The summed E-state index contributed by atoms with van der Waals surface area (Å²) in [4.78, 5) is 26.5. The zero-order valence-corrected chi connectivity index (χ0v) is 15.9. The topological polar surface area (TPSA) is 111 Å². The second-order valence-corrected chi connectivity index (χ2v) is 6.66. The maximum Gasteiger partial charge on any atom is 0.254 e. The van der Waals surface area contributed by atoms with E-state index in [0.717, 1.165) is 16.7 Å². The highest BCUT2D eigenvalue weighted by molar-refractivity contribution is 6.34. The van der Waals surface area contributed by atoms with Crippen LogP contribution in [0.15, 0.2) is 36.5 Å². The fourth-order valence-electron chi connectivity index (χ4n) is 2.78. The lowest BCUT2D eigenvalue weighted by atomic mass is 9.98. The van der Waals surface area contributed by atoms with Crippen molar-refractivity contribution in [1.29, 1.82) is 0 Å². The number of rotatable bonds is 3. The van der Waals surface area contributed by atoms with Crippen LogP contribution >= 0.6 is 11.6 Å². The SMILES string of the molecule is Cc1nc(N)nc(-c2ccc(C(=O)N(C)C)c(Cl)c2)c1-c1ccc(N)nc1. The van der Waals surface area contributed by atoms with Crippen molar-refractivity contribution in [1.82, 2.24) is 19.9 Å². The lowest BCUT2D eigenvalue weighted by Gasteiger charge is -2.15. The maximum absolute atomic E-state index is 12.2. The molecule has 0 bridgehead atoms. The Bertz CT molecular complexity index is 1020. The summed E-state index contributed by atoms with van der Waals surface area (Å²) < 4.78 is 0. The van der Waals surface area contributed by atoms with Crippen molar-refractivity contribution in [3.05, 3.63) is 52.8 Å². The average Bonchev–Trinajstić information content (AvgIpc) is 2.61. The van der Waals surface area contributed by atoms with E-state index < -0.39 is 0 Å². The van der Waals surface area contributed by atoms with Crippen molar-refractivity contribution in [3.8, 4) is 22.4 Å². The standard InChI is InChI=1S/C19H19ClN6O/c1-10-16(12-5-7-15(21)23-9-12)17(25-19(22)24-10)11-4-6-13(14(20)8-11)18(27)26(2)3/h4-9H,1-3H3,(H2,21,23)(H2,22,24,25). The van der Waals surface area contributed by atoms with Gasteiger partial charge in [-0.2, -0.15) is 0 Å². The number of halogens is 1. The van der Waals surface area contributed by atoms with Crippen molar-refractivity contribution >= 4 is 29.3 Å². The van der Waals surface area contributed by atoms with E-state index in [1.807, 2.05) is 13.0 Å².